The maximum Gasteiger partial charge on any atom is 0.416 e. The Balaban J connectivity index is 1.69. The van der Waals surface area contributed by atoms with Gasteiger partial charge in [-0.15, -0.1) is 0 Å². The second-order valence-corrected chi connectivity index (χ2v) is 7.08. The van der Waals surface area contributed by atoms with Crippen molar-refractivity contribution in [3.63, 3.8) is 0 Å². The average molecular weight is 416 g/mol. The summed E-state index contributed by atoms with van der Waals surface area (Å²) in [4.78, 5) is 26.7. The zero-order valence-electron chi connectivity index (χ0n) is 15.9. The van der Waals surface area contributed by atoms with Gasteiger partial charge >= 0.3 is 6.18 Å². The number of carbonyl (C=O) groups is 1. The van der Waals surface area contributed by atoms with Gasteiger partial charge in [-0.05, 0) is 47.9 Å². The molecule has 2 aromatic heterocycles. The molecule has 0 radical (unpaired) electrons. The zero-order valence-corrected chi connectivity index (χ0v) is 15.9. The van der Waals surface area contributed by atoms with Crippen LogP contribution in [0.15, 0.2) is 42.9 Å². The van der Waals surface area contributed by atoms with Crippen molar-refractivity contribution in [3.8, 4) is 11.4 Å². The standard InChI is InChI=1S/C21H16F4N4O/c1-29-5-3-16-17(20(29)30)2-4-26-19(16)18-10-15(27-11-28-18)8-12-6-13(21(23,24)25)9-14(22)7-12/h2,4,6-7,9-11H,3,5,8H2,1H3. The first kappa shape index (κ1) is 19.9. The predicted molar refractivity (Wildman–Crippen MR) is 100 cm³/mol. The number of hydrogen-bond acceptors (Lipinski definition) is 4. The third kappa shape index (κ3) is 3.87. The molecule has 0 fully saturated rings. The van der Waals surface area contributed by atoms with Crippen LogP contribution in [0.2, 0.25) is 0 Å². The van der Waals surface area contributed by atoms with Crippen LogP contribution in [0, 0.1) is 5.82 Å². The fourth-order valence-electron chi connectivity index (χ4n) is 3.50. The van der Waals surface area contributed by atoms with Gasteiger partial charge < -0.3 is 4.90 Å². The number of fused-ring (bicyclic) bond motifs is 1. The number of alkyl halides is 3. The third-order valence-electron chi connectivity index (χ3n) is 4.97. The summed E-state index contributed by atoms with van der Waals surface area (Å²) in [6, 6.07) is 5.67. The second kappa shape index (κ2) is 7.47. The van der Waals surface area contributed by atoms with Crippen LogP contribution in [0.3, 0.4) is 0 Å². The van der Waals surface area contributed by atoms with Gasteiger partial charge in [-0.2, -0.15) is 13.2 Å². The van der Waals surface area contributed by atoms with Gasteiger partial charge in [0.05, 0.1) is 17.0 Å². The molecule has 4 rings (SSSR count). The number of hydrogen-bond donors (Lipinski definition) is 0. The average Bonchev–Trinajstić information content (AvgIpc) is 2.69. The molecule has 5 nitrogen and oxygen atoms in total. The van der Waals surface area contributed by atoms with Crippen LogP contribution >= 0.6 is 0 Å². The molecule has 9 heteroatoms. The molecule has 30 heavy (non-hydrogen) atoms. The minimum absolute atomic E-state index is 0.00689. The molecule has 1 aromatic carbocycles. The monoisotopic (exact) mass is 416 g/mol. The van der Waals surface area contributed by atoms with E-state index in [1.807, 2.05) is 0 Å². The minimum atomic E-state index is -4.64. The highest BCUT2D eigenvalue weighted by Gasteiger charge is 2.31. The van der Waals surface area contributed by atoms with E-state index in [2.05, 4.69) is 15.0 Å². The number of carbonyl (C=O) groups excluding carboxylic acids is 1. The maximum absolute atomic E-state index is 13.7. The molecule has 0 atom stereocenters. The van der Waals surface area contributed by atoms with Crippen molar-refractivity contribution < 1.29 is 22.4 Å². The smallest absolute Gasteiger partial charge is 0.341 e. The summed E-state index contributed by atoms with van der Waals surface area (Å²) >= 11 is 0. The highest BCUT2D eigenvalue weighted by Crippen LogP contribution is 2.31. The van der Waals surface area contributed by atoms with Crippen molar-refractivity contribution in [1.29, 1.82) is 0 Å². The highest BCUT2D eigenvalue weighted by atomic mass is 19.4. The van der Waals surface area contributed by atoms with E-state index < -0.39 is 17.6 Å². The molecule has 1 amide bonds. The van der Waals surface area contributed by atoms with E-state index in [1.165, 1.54) is 12.5 Å². The van der Waals surface area contributed by atoms with Gasteiger partial charge in [0.1, 0.15) is 12.1 Å². The van der Waals surface area contributed by atoms with Crippen LogP contribution in [-0.4, -0.2) is 39.4 Å². The Bertz CT molecular complexity index is 1130. The quantitative estimate of drug-likeness (QED) is 0.608. The predicted octanol–water partition coefficient (Wildman–Crippen LogP) is 3.92. The molecule has 0 saturated heterocycles. The van der Waals surface area contributed by atoms with Gasteiger partial charge in [0.15, 0.2) is 0 Å². The Morgan fingerprint density at radius 2 is 1.90 bits per heavy atom. The summed E-state index contributed by atoms with van der Waals surface area (Å²) in [5.74, 6) is -1.07. The lowest BCUT2D eigenvalue weighted by Gasteiger charge is -2.25. The molecule has 1 aliphatic rings. The Labute approximate surface area is 169 Å². The molecular formula is C21H16F4N4O. The SMILES string of the molecule is CN1CCc2c(ccnc2-c2cc(Cc3cc(F)cc(C(F)(F)F)c3)ncn2)C1=O. The van der Waals surface area contributed by atoms with E-state index in [0.717, 1.165) is 17.7 Å². The number of amides is 1. The fourth-order valence-corrected chi connectivity index (χ4v) is 3.50. The Morgan fingerprint density at radius 1 is 1.10 bits per heavy atom. The number of rotatable bonds is 3. The van der Waals surface area contributed by atoms with Crippen LogP contribution < -0.4 is 0 Å². The van der Waals surface area contributed by atoms with Gasteiger partial charge in [0.2, 0.25) is 0 Å². The second-order valence-electron chi connectivity index (χ2n) is 7.08. The van der Waals surface area contributed by atoms with Gasteiger partial charge in [0, 0.05) is 37.5 Å². The lowest BCUT2D eigenvalue weighted by Crippen LogP contribution is -2.34. The van der Waals surface area contributed by atoms with Gasteiger partial charge in [0.25, 0.3) is 5.91 Å². The summed E-state index contributed by atoms with van der Waals surface area (Å²) in [5.41, 5.74) is 1.83. The molecule has 0 unspecified atom stereocenters. The molecule has 0 saturated carbocycles. The molecule has 3 heterocycles. The van der Waals surface area contributed by atoms with Gasteiger partial charge in [-0.1, -0.05) is 0 Å². The van der Waals surface area contributed by atoms with Crippen LogP contribution in [0.1, 0.15) is 32.7 Å². The van der Waals surface area contributed by atoms with Crippen LogP contribution in [0.5, 0.6) is 0 Å². The third-order valence-corrected chi connectivity index (χ3v) is 4.97. The molecule has 154 valence electrons. The van der Waals surface area contributed by atoms with Crippen LogP contribution in [0.4, 0.5) is 17.6 Å². The molecule has 0 spiro atoms. The van der Waals surface area contributed by atoms with Gasteiger partial charge in [-0.25, -0.2) is 14.4 Å². The van der Waals surface area contributed by atoms with Crippen molar-refractivity contribution in [2.45, 2.75) is 19.0 Å². The van der Waals surface area contributed by atoms with Crippen LogP contribution in [0.25, 0.3) is 11.4 Å². The van der Waals surface area contributed by atoms with E-state index in [4.69, 9.17) is 0 Å². The molecule has 0 N–H and O–H groups in total. The molecule has 0 bridgehead atoms. The first-order valence-corrected chi connectivity index (χ1v) is 9.13. The number of likely N-dealkylation sites (N-methyl/N-ethyl adjacent to an activating group) is 1. The first-order chi connectivity index (χ1) is 14.2. The summed E-state index contributed by atoms with van der Waals surface area (Å²) in [7, 11) is 1.72. The zero-order chi connectivity index (χ0) is 21.5. The molecule has 1 aliphatic heterocycles. The van der Waals surface area contributed by atoms with Crippen molar-refractivity contribution >= 4 is 5.91 Å². The number of pyridine rings is 1. The maximum atomic E-state index is 13.7. The van der Waals surface area contributed by atoms with E-state index in [0.29, 0.717) is 41.7 Å². The summed E-state index contributed by atoms with van der Waals surface area (Å²) in [6.07, 6.45) is -1.23. The number of aromatic nitrogens is 3. The highest BCUT2D eigenvalue weighted by molar-refractivity contribution is 5.98. The van der Waals surface area contributed by atoms with Crippen molar-refractivity contribution in [2.75, 3.05) is 13.6 Å². The summed E-state index contributed by atoms with van der Waals surface area (Å²) < 4.78 is 52.6. The van der Waals surface area contributed by atoms with E-state index in [-0.39, 0.29) is 17.9 Å². The topological polar surface area (TPSA) is 59.0 Å². The van der Waals surface area contributed by atoms with Crippen molar-refractivity contribution in [3.05, 3.63) is 76.6 Å². The van der Waals surface area contributed by atoms with E-state index in [9.17, 15) is 22.4 Å². The summed E-state index contributed by atoms with van der Waals surface area (Å²) in [6.45, 7) is 0.548. The van der Waals surface area contributed by atoms with E-state index in [1.54, 1.807) is 24.1 Å². The molecule has 3 aromatic rings. The molecule has 0 aliphatic carbocycles. The lowest BCUT2D eigenvalue weighted by atomic mass is 9.96. The minimum Gasteiger partial charge on any atom is -0.341 e. The van der Waals surface area contributed by atoms with Crippen molar-refractivity contribution in [2.24, 2.45) is 0 Å². The number of nitrogens with zero attached hydrogens (tertiary/aromatic N) is 4. The van der Waals surface area contributed by atoms with Gasteiger partial charge in [-0.3, -0.25) is 9.78 Å². The van der Waals surface area contributed by atoms with E-state index >= 15 is 0 Å². The molecular weight excluding hydrogens is 400 g/mol. The normalized spacial score (nSPS) is 14.0. The fraction of sp³-hybridized carbons (Fsp3) is 0.238. The van der Waals surface area contributed by atoms with Crippen LogP contribution in [-0.2, 0) is 19.0 Å². The largest absolute Gasteiger partial charge is 0.416 e. The number of benzene rings is 1. The number of halogens is 4. The summed E-state index contributed by atoms with van der Waals surface area (Å²) in [5, 5.41) is 0. The van der Waals surface area contributed by atoms with Crippen molar-refractivity contribution in [1.82, 2.24) is 19.9 Å². The Hall–Kier alpha value is -3.36. The first-order valence-electron chi connectivity index (χ1n) is 9.13. The Morgan fingerprint density at radius 3 is 2.67 bits per heavy atom. The lowest BCUT2D eigenvalue weighted by molar-refractivity contribution is -0.137. The Kier molecular flexibility index (Phi) is 4.97.